The molecule has 1 aliphatic heterocycles. The number of aromatic hydroxyl groups is 1. The highest BCUT2D eigenvalue weighted by atomic mass is 16.3. The van der Waals surface area contributed by atoms with Gasteiger partial charge in [0.05, 0.1) is 11.3 Å². The van der Waals surface area contributed by atoms with Crippen molar-refractivity contribution in [3.05, 3.63) is 47.7 Å². The number of aromatic nitrogens is 1. The molecule has 2 aromatic rings. The number of H-pyrrole nitrogens is 1. The first-order valence-electron chi connectivity index (χ1n) is 11.8. The van der Waals surface area contributed by atoms with Gasteiger partial charge in [0.2, 0.25) is 5.91 Å². The molecule has 176 valence electrons. The number of likely N-dealkylation sites (N-methyl/N-ethyl adjacent to an activating group) is 1. The van der Waals surface area contributed by atoms with E-state index in [-0.39, 0.29) is 11.8 Å². The Labute approximate surface area is 195 Å². The Hall–Kier alpha value is -2.90. The van der Waals surface area contributed by atoms with Crippen molar-refractivity contribution >= 4 is 28.7 Å². The molecule has 3 N–H and O–H groups in total. The predicted octanol–water partition coefficient (Wildman–Crippen LogP) is 3.98. The van der Waals surface area contributed by atoms with Crippen LogP contribution in [0.15, 0.2) is 47.1 Å². The van der Waals surface area contributed by atoms with Crippen LogP contribution in [0.2, 0.25) is 0 Å². The summed E-state index contributed by atoms with van der Waals surface area (Å²) in [6.07, 6.45) is 8.68. The third kappa shape index (κ3) is 5.54. The Morgan fingerprint density at radius 3 is 2.79 bits per heavy atom. The Bertz CT molecular complexity index is 1090. The zero-order valence-electron chi connectivity index (χ0n) is 20.0. The lowest BCUT2D eigenvalue weighted by molar-refractivity contribution is -0.116. The Kier molecular flexibility index (Phi) is 7.00. The summed E-state index contributed by atoms with van der Waals surface area (Å²) >= 11 is 0. The van der Waals surface area contributed by atoms with Crippen LogP contribution in [0.3, 0.4) is 0 Å². The largest absolute Gasteiger partial charge is 0.494 e. The van der Waals surface area contributed by atoms with Crippen LogP contribution < -0.4 is 5.32 Å². The first-order chi connectivity index (χ1) is 15.8. The van der Waals surface area contributed by atoms with E-state index in [0.717, 1.165) is 42.8 Å². The van der Waals surface area contributed by atoms with Crippen molar-refractivity contribution in [1.29, 1.82) is 0 Å². The number of aromatic amines is 1. The molecule has 1 aromatic heterocycles. The van der Waals surface area contributed by atoms with Crippen molar-refractivity contribution in [3.63, 3.8) is 0 Å². The molecular weight excluding hydrogens is 414 g/mol. The monoisotopic (exact) mass is 449 g/mol. The molecule has 1 amide bonds. The second-order valence-corrected chi connectivity index (χ2v) is 9.69. The van der Waals surface area contributed by atoms with Crippen LogP contribution in [0.1, 0.15) is 32.8 Å². The van der Waals surface area contributed by atoms with Crippen LogP contribution in [0.5, 0.6) is 5.88 Å². The maximum absolute atomic E-state index is 12.2. The number of carbonyl (C=O) groups is 1. The number of amides is 1. The first kappa shape index (κ1) is 23.3. The summed E-state index contributed by atoms with van der Waals surface area (Å²) < 4.78 is 0. The van der Waals surface area contributed by atoms with Crippen LogP contribution in [-0.4, -0.2) is 71.3 Å². The molecule has 2 atom stereocenters. The fourth-order valence-corrected chi connectivity index (χ4v) is 4.52. The maximum Gasteiger partial charge on any atom is 0.224 e. The molecule has 0 saturated carbocycles. The summed E-state index contributed by atoms with van der Waals surface area (Å²) in [5, 5.41) is 14.3. The molecule has 0 spiro atoms. The number of aliphatic imine (C=N–C) groups is 1. The van der Waals surface area contributed by atoms with Crippen molar-refractivity contribution in [2.24, 2.45) is 16.8 Å². The number of hydrogen-bond acceptors (Lipinski definition) is 5. The van der Waals surface area contributed by atoms with Gasteiger partial charge >= 0.3 is 0 Å². The number of nitrogens with one attached hydrogen (secondary N) is 2. The van der Waals surface area contributed by atoms with Gasteiger partial charge in [0.1, 0.15) is 0 Å². The van der Waals surface area contributed by atoms with E-state index in [1.807, 2.05) is 32.0 Å². The number of allylic oxidation sites excluding steroid dienone is 1. The third-order valence-electron chi connectivity index (χ3n) is 6.45. The van der Waals surface area contributed by atoms with E-state index in [2.05, 4.69) is 52.3 Å². The van der Waals surface area contributed by atoms with Crippen LogP contribution in [-0.2, 0) is 4.79 Å². The van der Waals surface area contributed by atoms with Gasteiger partial charge in [-0.3, -0.25) is 14.7 Å². The lowest BCUT2D eigenvalue weighted by Crippen LogP contribution is -2.50. The van der Waals surface area contributed by atoms with Gasteiger partial charge in [-0.25, -0.2) is 0 Å². The number of benzene rings is 1. The molecule has 2 aliphatic rings. The van der Waals surface area contributed by atoms with Gasteiger partial charge in [0.25, 0.3) is 0 Å². The van der Waals surface area contributed by atoms with E-state index in [1.165, 1.54) is 0 Å². The smallest absolute Gasteiger partial charge is 0.224 e. The number of anilines is 1. The molecular formula is C26H35N5O2. The molecule has 1 aliphatic carbocycles. The van der Waals surface area contributed by atoms with Gasteiger partial charge in [-0.2, -0.15) is 0 Å². The van der Waals surface area contributed by atoms with Crippen molar-refractivity contribution < 1.29 is 9.90 Å². The number of hydrogen-bond donors (Lipinski definition) is 3. The van der Waals surface area contributed by atoms with Crippen molar-refractivity contribution in [2.75, 3.05) is 38.5 Å². The van der Waals surface area contributed by atoms with E-state index in [1.54, 1.807) is 6.21 Å². The molecule has 7 heteroatoms. The number of fused-ring (bicyclic) bond motifs is 1. The van der Waals surface area contributed by atoms with Crippen molar-refractivity contribution in [1.82, 2.24) is 14.8 Å². The van der Waals surface area contributed by atoms with E-state index < -0.39 is 0 Å². The van der Waals surface area contributed by atoms with Gasteiger partial charge in [-0.1, -0.05) is 26.8 Å². The van der Waals surface area contributed by atoms with Gasteiger partial charge in [0.15, 0.2) is 5.88 Å². The van der Waals surface area contributed by atoms with Crippen LogP contribution in [0.4, 0.5) is 5.69 Å². The zero-order valence-corrected chi connectivity index (χ0v) is 20.0. The molecule has 4 rings (SSSR count). The summed E-state index contributed by atoms with van der Waals surface area (Å²) in [5.41, 5.74) is 3.02. The second kappa shape index (κ2) is 9.93. The molecule has 0 radical (unpaired) electrons. The van der Waals surface area contributed by atoms with Gasteiger partial charge in [-0.15, -0.1) is 0 Å². The molecule has 2 unspecified atom stereocenters. The minimum Gasteiger partial charge on any atom is -0.494 e. The summed E-state index contributed by atoms with van der Waals surface area (Å²) in [7, 11) is 2.17. The molecule has 33 heavy (non-hydrogen) atoms. The van der Waals surface area contributed by atoms with Gasteiger partial charge in [0, 0.05) is 61.4 Å². The minimum absolute atomic E-state index is 0.0131. The lowest BCUT2D eigenvalue weighted by Gasteiger charge is -2.39. The fraction of sp³-hybridized carbons (Fsp3) is 0.462. The highest BCUT2D eigenvalue weighted by Gasteiger charge is 2.26. The zero-order chi connectivity index (χ0) is 23.5. The van der Waals surface area contributed by atoms with Crippen LogP contribution in [0.25, 0.3) is 10.9 Å². The highest BCUT2D eigenvalue weighted by Crippen LogP contribution is 2.29. The molecule has 1 fully saturated rings. The van der Waals surface area contributed by atoms with E-state index in [9.17, 15) is 9.90 Å². The van der Waals surface area contributed by atoms with Crippen LogP contribution in [0, 0.1) is 11.8 Å². The SMILES string of the molecule is CC(C)CC(=O)Nc1ccc2[nH]c(O)c(C=NC3=CC(N4CCN(C)CC4)C(C)C=C3)c2c1. The molecule has 2 heterocycles. The molecule has 1 aromatic carbocycles. The lowest BCUT2D eigenvalue weighted by atomic mass is 9.93. The predicted molar refractivity (Wildman–Crippen MR) is 135 cm³/mol. The average Bonchev–Trinajstić information content (AvgIpc) is 3.07. The quantitative estimate of drug-likeness (QED) is 0.583. The number of rotatable bonds is 6. The third-order valence-corrected chi connectivity index (χ3v) is 6.45. The first-order valence-corrected chi connectivity index (χ1v) is 11.8. The molecule has 0 bridgehead atoms. The summed E-state index contributed by atoms with van der Waals surface area (Å²) in [5.74, 6) is 0.789. The van der Waals surface area contributed by atoms with E-state index >= 15 is 0 Å². The normalized spacial score (nSPS) is 22.4. The fourth-order valence-electron chi connectivity index (χ4n) is 4.52. The van der Waals surface area contributed by atoms with Crippen molar-refractivity contribution in [3.8, 4) is 5.88 Å². The Morgan fingerprint density at radius 2 is 2.06 bits per heavy atom. The van der Waals surface area contributed by atoms with Crippen LogP contribution >= 0.6 is 0 Å². The average molecular weight is 450 g/mol. The minimum atomic E-state index is -0.0131. The topological polar surface area (TPSA) is 84.0 Å². The number of piperazine rings is 1. The van der Waals surface area contributed by atoms with Gasteiger partial charge < -0.3 is 20.3 Å². The Morgan fingerprint density at radius 1 is 1.30 bits per heavy atom. The summed E-state index contributed by atoms with van der Waals surface area (Å²) in [6.45, 7) is 10.6. The second-order valence-electron chi connectivity index (χ2n) is 9.69. The number of carbonyl (C=O) groups excluding carboxylic acids is 1. The standard InChI is InChI=1S/C26H35N5O2/c1-17(2)13-25(32)28-20-7-8-23-21(14-20)22(26(33)29-23)16-27-19-6-5-18(3)24(15-19)31-11-9-30(4)10-12-31/h5-8,14-18,24,29,33H,9-13H2,1-4H3,(H,28,32). The summed E-state index contributed by atoms with van der Waals surface area (Å²) in [6, 6.07) is 5.91. The van der Waals surface area contributed by atoms with Crippen molar-refractivity contribution in [2.45, 2.75) is 33.2 Å². The van der Waals surface area contributed by atoms with E-state index in [0.29, 0.717) is 35.5 Å². The number of nitrogens with zero attached hydrogens (tertiary/aromatic N) is 3. The van der Waals surface area contributed by atoms with E-state index in [4.69, 9.17) is 4.99 Å². The van der Waals surface area contributed by atoms with Gasteiger partial charge in [-0.05, 0) is 49.2 Å². The Balaban J connectivity index is 1.54. The summed E-state index contributed by atoms with van der Waals surface area (Å²) in [4.78, 5) is 24.8. The molecule has 7 nitrogen and oxygen atoms in total. The highest BCUT2D eigenvalue weighted by molar-refractivity contribution is 6.04. The molecule has 1 saturated heterocycles. The maximum atomic E-state index is 12.2.